The SMILES string of the molecule is CCCCCCCCCCCCCCCCCCCCC(=O)OC[C@H](CO)OC(=O)CCCCCCCCCCCCCCCCCC(C)C. The minimum atomic E-state index is -0.763. The number of hydrogen-bond donors (Lipinski definition) is 1. The van der Waals surface area contributed by atoms with Crippen molar-refractivity contribution in [2.45, 2.75) is 258 Å². The normalized spacial score (nSPS) is 12.1. The van der Waals surface area contributed by atoms with Crippen LogP contribution in [0.1, 0.15) is 252 Å². The van der Waals surface area contributed by atoms with E-state index in [0.717, 1.165) is 38.0 Å². The molecule has 1 atom stereocenters. The zero-order chi connectivity index (χ0) is 36.6. The molecule has 5 nitrogen and oxygen atoms in total. The van der Waals surface area contributed by atoms with Crippen LogP contribution in [0.15, 0.2) is 0 Å². The summed E-state index contributed by atoms with van der Waals surface area (Å²) in [5, 5.41) is 9.59. The summed E-state index contributed by atoms with van der Waals surface area (Å²) in [5.74, 6) is 0.283. The second-order valence-electron chi connectivity index (χ2n) is 16.0. The fourth-order valence-electron chi connectivity index (χ4n) is 6.92. The standard InChI is InChI=1S/C45H88O5/c1-4-5-6-7-8-9-10-11-12-13-14-17-20-23-26-29-32-35-38-44(47)49-41-43(40-46)50-45(48)39-36-33-30-27-24-21-18-15-16-19-22-25-28-31-34-37-42(2)3/h42-43,46H,4-41H2,1-3H3/t43-/m0/s1. The molecule has 0 aromatic rings. The van der Waals surface area contributed by atoms with Crippen molar-refractivity contribution in [3.05, 3.63) is 0 Å². The van der Waals surface area contributed by atoms with Gasteiger partial charge in [0.1, 0.15) is 6.61 Å². The number of ether oxygens (including phenoxy) is 2. The molecule has 0 radical (unpaired) electrons. The lowest BCUT2D eigenvalue weighted by molar-refractivity contribution is -0.161. The number of unbranched alkanes of at least 4 members (excludes halogenated alkanes) is 31. The monoisotopic (exact) mass is 709 g/mol. The van der Waals surface area contributed by atoms with Gasteiger partial charge in [0.15, 0.2) is 6.10 Å². The second kappa shape index (κ2) is 40.7. The molecule has 0 aliphatic rings. The number of carbonyl (C=O) groups is 2. The number of esters is 2. The van der Waals surface area contributed by atoms with Gasteiger partial charge in [-0.15, -0.1) is 0 Å². The molecule has 0 spiro atoms. The van der Waals surface area contributed by atoms with Crippen molar-refractivity contribution in [3.8, 4) is 0 Å². The van der Waals surface area contributed by atoms with E-state index in [9.17, 15) is 14.7 Å². The highest BCUT2D eigenvalue weighted by Crippen LogP contribution is 2.17. The lowest BCUT2D eigenvalue weighted by Crippen LogP contribution is -2.28. The molecule has 5 heteroatoms. The molecular weight excluding hydrogens is 620 g/mol. The molecule has 0 rings (SSSR count). The Morgan fingerprint density at radius 3 is 1.06 bits per heavy atom. The van der Waals surface area contributed by atoms with Gasteiger partial charge in [-0.05, 0) is 18.8 Å². The van der Waals surface area contributed by atoms with Crippen LogP contribution >= 0.6 is 0 Å². The first-order valence-corrected chi connectivity index (χ1v) is 22.5. The van der Waals surface area contributed by atoms with Gasteiger partial charge in [-0.3, -0.25) is 9.59 Å². The fraction of sp³-hybridized carbons (Fsp3) is 0.956. The first-order chi connectivity index (χ1) is 24.5. The van der Waals surface area contributed by atoms with Crippen molar-refractivity contribution < 1.29 is 24.2 Å². The van der Waals surface area contributed by atoms with Gasteiger partial charge in [0, 0.05) is 12.8 Å². The largest absolute Gasteiger partial charge is 0.462 e. The fourth-order valence-corrected chi connectivity index (χ4v) is 6.92. The molecule has 0 aliphatic carbocycles. The lowest BCUT2D eigenvalue weighted by Gasteiger charge is -2.15. The summed E-state index contributed by atoms with van der Waals surface area (Å²) < 4.78 is 10.7. The molecule has 0 unspecified atom stereocenters. The summed E-state index contributed by atoms with van der Waals surface area (Å²) in [6.45, 7) is 6.54. The summed E-state index contributed by atoms with van der Waals surface area (Å²) in [6.07, 6.45) is 44.6. The number of carbonyl (C=O) groups excluding carboxylic acids is 2. The summed E-state index contributed by atoms with van der Waals surface area (Å²) in [7, 11) is 0. The van der Waals surface area contributed by atoms with E-state index in [2.05, 4.69) is 20.8 Å². The van der Waals surface area contributed by atoms with Crippen LogP contribution in [0.2, 0.25) is 0 Å². The van der Waals surface area contributed by atoms with Gasteiger partial charge in [0.25, 0.3) is 0 Å². The molecule has 0 aromatic carbocycles. The van der Waals surface area contributed by atoms with E-state index in [0.29, 0.717) is 12.8 Å². The maximum atomic E-state index is 12.2. The topological polar surface area (TPSA) is 72.8 Å². The summed E-state index contributed by atoms with van der Waals surface area (Å²) in [4.78, 5) is 24.3. The quantitative estimate of drug-likeness (QED) is 0.0505. The maximum Gasteiger partial charge on any atom is 0.306 e. The average Bonchev–Trinajstić information content (AvgIpc) is 3.10. The molecule has 0 bridgehead atoms. The average molecular weight is 709 g/mol. The molecule has 1 N–H and O–H groups in total. The van der Waals surface area contributed by atoms with Gasteiger partial charge in [0.05, 0.1) is 6.61 Å². The Morgan fingerprint density at radius 2 is 0.740 bits per heavy atom. The first-order valence-electron chi connectivity index (χ1n) is 22.5. The van der Waals surface area contributed by atoms with E-state index in [1.54, 1.807) is 0 Å². The third-order valence-corrected chi connectivity index (χ3v) is 10.3. The number of aliphatic hydroxyl groups is 1. The van der Waals surface area contributed by atoms with Crippen LogP contribution in [0.4, 0.5) is 0 Å². The van der Waals surface area contributed by atoms with E-state index in [-0.39, 0.29) is 25.2 Å². The van der Waals surface area contributed by atoms with E-state index < -0.39 is 6.10 Å². The molecule has 50 heavy (non-hydrogen) atoms. The molecule has 0 aliphatic heterocycles. The Bertz CT molecular complexity index is 693. The molecule has 0 aromatic heterocycles. The summed E-state index contributed by atoms with van der Waals surface area (Å²) in [5.41, 5.74) is 0. The second-order valence-corrected chi connectivity index (χ2v) is 16.0. The van der Waals surface area contributed by atoms with Gasteiger partial charge in [0.2, 0.25) is 0 Å². The number of aliphatic hydroxyl groups excluding tert-OH is 1. The van der Waals surface area contributed by atoms with Gasteiger partial charge >= 0.3 is 11.9 Å². The maximum absolute atomic E-state index is 12.2. The van der Waals surface area contributed by atoms with Crippen LogP contribution in [-0.4, -0.2) is 36.4 Å². The van der Waals surface area contributed by atoms with Crippen LogP contribution in [0.3, 0.4) is 0 Å². The molecule has 0 heterocycles. The van der Waals surface area contributed by atoms with Gasteiger partial charge < -0.3 is 14.6 Å². The van der Waals surface area contributed by atoms with Crippen molar-refractivity contribution in [2.24, 2.45) is 5.92 Å². The predicted molar refractivity (Wildman–Crippen MR) is 215 cm³/mol. The lowest BCUT2D eigenvalue weighted by atomic mass is 10.0. The van der Waals surface area contributed by atoms with Crippen LogP contribution in [0.25, 0.3) is 0 Å². The summed E-state index contributed by atoms with van der Waals surface area (Å²) in [6, 6.07) is 0. The molecule has 0 fully saturated rings. The third kappa shape index (κ3) is 39.7. The van der Waals surface area contributed by atoms with Crippen LogP contribution in [0, 0.1) is 5.92 Å². The minimum absolute atomic E-state index is 0.0570. The van der Waals surface area contributed by atoms with E-state index in [1.165, 1.54) is 186 Å². The third-order valence-electron chi connectivity index (χ3n) is 10.3. The van der Waals surface area contributed by atoms with Crippen molar-refractivity contribution >= 4 is 11.9 Å². The minimum Gasteiger partial charge on any atom is -0.462 e. The Kier molecular flexibility index (Phi) is 39.8. The highest BCUT2D eigenvalue weighted by molar-refractivity contribution is 5.70. The van der Waals surface area contributed by atoms with Crippen molar-refractivity contribution in [1.29, 1.82) is 0 Å². The Hall–Kier alpha value is -1.10. The van der Waals surface area contributed by atoms with Crippen LogP contribution < -0.4 is 0 Å². The highest BCUT2D eigenvalue weighted by atomic mass is 16.6. The first kappa shape index (κ1) is 48.9. The van der Waals surface area contributed by atoms with E-state index in [4.69, 9.17) is 9.47 Å². The zero-order valence-corrected chi connectivity index (χ0v) is 34.1. The zero-order valence-electron chi connectivity index (χ0n) is 34.1. The van der Waals surface area contributed by atoms with Crippen LogP contribution in [-0.2, 0) is 19.1 Å². The van der Waals surface area contributed by atoms with Crippen LogP contribution in [0.5, 0.6) is 0 Å². The Morgan fingerprint density at radius 1 is 0.440 bits per heavy atom. The predicted octanol–water partition coefficient (Wildman–Crippen LogP) is 14.2. The van der Waals surface area contributed by atoms with Crippen molar-refractivity contribution in [1.82, 2.24) is 0 Å². The van der Waals surface area contributed by atoms with Gasteiger partial charge in [-0.25, -0.2) is 0 Å². The molecule has 0 saturated heterocycles. The Balaban J connectivity index is 3.46. The smallest absolute Gasteiger partial charge is 0.306 e. The number of rotatable bonds is 41. The van der Waals surface area contributed by atoms with E-state index >= 15 is 0 Å². The Labute approximate surface area is 312 Å². The van der Waals surface area contributed by atoms with Gasteiger partial charge in [-0.2, -0.15) is 0 Å². The molecule has 0 saturated carbocycles. The van der Waals surface area contributed by atoms with E-state index in [1.807, 2.05) is 0 Å². The highest BCUT2D eigenvalue weighted by Gasteiger charge is 2.16. The molecular formula is C45H88O5. The van der Waals surface area contributed by atoms with Crippen molar-refractivity contribution in [3.63, 3.8) is 0 Å². The molecule has 0 amide bonds. The van der Waals surface area contributed by atoms with Crippen molar-refractivity contribution in [2.75, 3.05) is 13.2 Å². The molecule has 298 valence electrons. The number of hydrogen-bond acceptors (Lipinski definition) is 5. The van der Waals surface area contributed by atoms with Gasteiger partial charge in [-0.1, -0.05) is 226 Å². The summed E-state index contributed by atoms with van der Waals surface area (Å²) >= 11 is 0.